The largest absolute Gasteiger partial charge is 0.477 e. The number of aryl methyl sites for hydroxylation is 2. The third-order valence-corrected chi connectivity index (χ3v) is 5.57. The van der Waals surface area contributed by atoms with E-state index >= 15 is 0 Å². The first-order chi connectivity index (χ1) is 9.92. The van der Waals surface area contributed by atoms with Gasteiger partial charge < -0.3 is 5.11 Å². The molecule has 0 spiro atoms. The maximum atomic E-state index is 12.2. The van der Waals surface area contributed by atoms with Gasteiger partial charge in [0, 0.05) is 19.3 Å². The van der Waals surface area contributed by atoms with Crippen LogP contribution in [0.3, 0.4) is 0 Å². The van der Waals surface area contributed by atoms with Crippen molar-refractivity contribution in [3.8, 4) is 0 Å². The predicted molar refractivity (Wildman–Crippen MR) is 75.8 cm³/mol. The van der Waals surface area contributed by atoms with Gasteiger partial charge in [0.1, 0.15) is 9.77 Å². The fourth-order valence-electron chi connectivity index (χ4n) is 1.79. The number of carboxylic acids is 1. The zero-order valence-corrected chi connectivity index (χ0v) is 12.8. The average molecular weight is 330 g/mol. The number of aromatic nitrogens is 3. The molecule has 10 heteroatoms. The van der Waals surface area contributed by atoms with E-state index in [1.54, 1.807) is 17.8 Å². The van der Waals surface area contributed by atoms with Gasteiger partial charge in [-0.1, -0.05) is 5.21 Å². The van der Waals surface area contributed by atoms with Crippen LogP contribution >= 0.6 is 11.3 Å². The van der Waals surface area contributed by atoms with Crippen LogP contribution in [-0.2, 0) is 16.6 Å². The first-order valence-electron chi connectivity index (χ1n) is 6.07. The minimum atomic E-state index is -3.83. The normalized spacial score (nSPS) is 11.7. The number of hydrogen-bond donors (Lipinski definition) is 2. The van der Waals surface area contributed by atoms with E-state index < -0.39 is 16.0 Å². The molecular weight excluding hydrogens is 316 g/mol. The number of rotatable bonds is 7. The molecule has 0 bridgehead atoms. The van der Waals surface area contributed by atoms with E-state index in [9.17, 15) is 13.2 Å². The van der Waals surface area contributed by atoms with Crippen LogP contribution in [-0.4, -0.2) is 41.0 Å². The molecule has 0 aliphatic heterocycles. The summed E-state index contributed by atoms with van der Waals surface area (Å²) in [7, 11) is -3.83. The van der Waals surface area contributed by atoms with Crippen LogP contribution in [0.1, 0.15) is 21.7 Å². The Morgan fingerprint density at radius 1 is 1.52 bits per heavy atom. The Morgan fingerprint density at radius 3 is 2.90 bits per heavy atom. The topological polar surface area (TPSA) is 114 Å². The zero-order valence-electron chi connectivity index (χ0n) is 11.2. The second-order valence-corrected chi connectivity index (χ2v) is 6.88. The van der Waals surface area contributed by atoms with Crippen LogP contribution in [0, 0.1) is 6.92 Å². The summed E-state index contributed by atoms with van der Waals surface area (Å²) in [6, 6.07) is 0. The van der Waals surface area contributed by atoms with Gasteiger partial charge in [-0.25, -0.2) is 17.9 Å². The van der Waals surface area contributed by atoms with Crippen molar-refractivity contribution >= 4 is 27.3 Å². The molecule has 2 aromatic heterocycles. The molecule has 0 saturated carbocycles. The van der Waals surface area contributed by atoms with Crippen LogP contribution in [0.15, 0.2) is 22.7 Å². The molecule has 0 amide bonds. The maximum Gasteiger partial charge on any atom is 0.347 e. The summed E-state index contributed by atoms with van der Waals surface area (Å²) in [6.45, 7) is 2.29. The Labute approximate surface area is 125 Å². The predicted octanol–water partition coefficient (Wildman–Crippen LogP) is 0.715. The van der Waals surface area contributed by atoms with Crippen molar-refractivity contribution in [3.05, 3.63) is 28.2 Å². The Hall–Kier alpha value is -1.78. The van der Waals surface area contributed by atoms with E-state index in [0.29, 0.717) is 18.5 Å². The minimum Gasteiger partial charge on any atom is -0.477 e. The average Bonchev–Trinajstić information content (AvgIpc) is 3.03. The summed E-state index contributed by atoms with van der Waals surface area (Å²) in [4.78, 5) is 10.7. The molecule has 2 aromatic rings. The van der Waals surface area contributed by atoms with Gasteiger partial charge in [0.2, 0.25) is 10.0 Å². The maximum absolute atomic E-state index is 12.2. The van der Waals surface area contributed by atoms with Crippen molar-refractivity contribution in [2.24, 2.45) is 0 Å². The van der Waals surface area contributed by atoms with E-state index in [4.69, 9.17) is 5.11 Å². The molecule has 0 fully saturated rings. The first kappa shape index (κ1) is 15.6. The molecule has 0 atom stereocenters. The van der Waals surface area contributed by atoms with Gasteiger partial charge in [-0.3, -0.25) is 4.68 Å². The third-order valence-electron chi connectivity index (χ3n) is 2.71. The molecule has 8 nitrogen and oxygen atoms in total. The van der Waals surface area contributed by atoms with Crippen molar-refractivity contribution in [3.63, 3.8) is 0 Å². The van der Waals surface area contributed by atoms with Crippen molar-refractivity contribution in [2.75, 3.05) is 6.54 Å². The Kier molecular flexibility index (Phi) is 4.70. The van der Waals surface area contributed by atoms with E-state index in [1.165, 1.54) is 11.6 Å². The molecule has 0 unspecified atom stereocenters. The second kappa shape index (κ2) is 6.33. The molecule has 2 rings (SSSR count). The Balaban J connectivity index is 2.02. The number of nitrogens with one attached hydrogen (secondary N) is 1. The lowest BCUT2D eigenvalue weighted by Crippen LogP contribution is -2.27. The van der Waals surface area contributed by atoms with E-state index in [0.717, 1.165) is 11.3 Å². The van der Waals surface area contributed by atoms with Gasteiger partial charge in [0.25, 0.3) is 0 Å². The molecule has 21 heavy (non-hydrogen) atoms. The van der Waals surface area contributed by atoms with Crippen molar-refractivity contribution in [1.29, 1.82) is 0 Å². The summed E-state index contributed by atoms with van der Waals surface area (Å²) >= 11 is 0.907. The minimum absolute atomic E-state index is 0.152. The van der Waals surface area contributed by atoms with E-state index in [1.807, 2.05) is 0 Å². The van der Waals surface area contributed by atoms with Gasteiger partial charge in [-0.2, -0.15) is 0 Å². The Bertz CT molecular complexity index is 721. The van der Waals surface area contributed by atoms with E-state index in [-0.39, 0.29) is 16.3 Å². The molecule has 2 heterocycles. The highest BCUT2D eigenvalue weighted by atomic mass is 32.2. The smallest absolute Gasteiger partial charge is 0.347 e. The number of sulfonamides is 1. The van der Waals surface area contributed by atoms with Gasteiger partial charge in [0.15, 0.2) is 0 Å². The number of thiophene rings is 1. The summed E-state index contributed by atoms with van der Waals surface area (Å²) in [5.41, 5.74) is 0.432. The standard InChI is InChI=1S/C11H14N4O4S2/c1-8-7-20-9(11(16)17)10(8)21(18,19)13-3-2-5-15-6-4-12-14-15/h4,6-7,13H,2-3,5H2,1H3,(H,16,17). The monoisotopic (exact) mass is 330 g/mol. The zero-order chi connectivity index (χ0) is 15.5. The summed E-state index contributed by atoms with van der Waals surface area (Å²) in [5, 5.41) is 18.0. The molecule has 2 N–H and O–H groups in total. The summed E-state index contributed by atoms with van der Waals surface area (Å²) in [5.74, 6) is -1.24. The number of hydrogen-bond acceptors (Lipinski definition) is 6. The van der Waals surface area contributed by atoms with E-state index in [2.05, 4.69) is 15.0 Å². The molecule has 114 valence electrons. The highest BCUT2D eigenvalue weighted by Gasteiger charge is 2.26. The van der Waals surface area contributed by atoms with Crippen molar-refractivity contribution < 1.29 is 18.3 Å². The van der Waals surface area contributed by atoms with Gasteiger partial charge in [-0.15, -0.1) is 16.4 Å². The van der Waals surface area contributed by atoms with Crippen molar-refractivity contribution in [1.82, 2.24) is 19.7 Å². The number of carboxylic acid groups (broad SMARTS) is 1. The lowest BCUT2D eigenvalue weighted by atomic mass is 10.3. The molecule has 0 aliphatic carbocycles. The van der Waals surface area contributed by atoms with Crippen molar-refractivity contribution in [2.45, 2.75) is 24.8 Å². The Morgan fingerprint density at radius 2 is 2.29 bits per heavy atom. The number of carbonyl (C=O) groups is 1. The lowest BCUT2D eigenvalue weighted by Gasteiger charge is -2.07. The van der Waals surface area contributed by atoms with Crippen LogP contribution in [0.2, 0.25) is 0 Å². The number of aromatic carboxylic acids is 1. The molecular formula is C11H14N4O4S2. The summed E-state index contributed by atoms with van der Waals surface area (Å²) in [6.07, 6.45) is 3.74. The van der Waals surface area contributed by atoms with Crippen LogP contribution in [0.5, 0.6) is 0 Å². The molecule has 0 aromatic carbocycles. The lowest BCUT2D eigenvalue weighted by molar-refractivity contribution is 0.0698. The highest BCUT2D eigenvalue weighted by Crippen LogP contribution is 2.26. The highest BCUT2D eigenvalue weighted by molar-refractivity contribution is 7.89. The molecule has 0 radical (unpaired) electrons. The van der Waals surface area contributed by atoms with Gasteiger partial charge >= 0.3 is 5.97 Å². The molecule has 0 aliphatic rings. The quantitative estimate of drug-likeness (QED) is 0.723. The van der Waals surface area contributed by atoms with Crippen LogP contribution in [0.4, 0.5) is 0 Å². The third kappa shape index (κ3) is 3.65. The SMILES string of the molecule is Cc1csc(C(=O)O)c1S(=O)(=O)NCCCn1ccnn1. The van der Waals surface area contributed by atoms with Crippen LogP contribution < -0.4 is 4.72 Å². The molecule has 0 saturated heterocycles. The first-order valence-corrected chi connectivity index (χ1v) is 8.43. The number of nitrogens with zero attached hydrogens (tertiary/aromatic N) is 3. The van der Waals surface area contributed by atoms with Gasteiger partial charge in [-0.05, 0) is 24.3 Å². The fraction of sp³-hybridized carbons (Fsp3) is 0.364. The second-order valence-electron chi connectivity index (χ2n) is 4.30. The van der Waals surface area contributed by atoms with Crippen LogP contribution in [0.25, 0.3) is 0 Å². The summed E-state index contributed by atoms with van der Waals surface area (Å²) < 4.78 is 28.4. The fourth-order valence-corrected chi connectivity index (χ4v) is 4.49. The van der Waals surface area contributed by atoms with Gasteiger partial charge in [0.05, 0.1) is 6.20 Å².